The molecule has 0 saturated heterocycles. The SMILES string of the molecule is Cc1cc(SCCCn2c(=O)c3c(ncn3C)n(C)c2=O)nc2c(C)cccc12. The second-order valence-corrected chi connectivity index (χ2v) is 8.39. The highest BCUT2D eigenvalue weighted by Crippen LogP contribution is 2.26. The first-order valence-electron chi connectivity index (χ1n) is 9.49. The lowest BCUT2D eigenvalue weighted by atomic mass is 10.1. The van der Waals surface area contributed by atoms with Crippen molar-refractivity contribution in [2.75, 3.05) is 5.75 Å². The minimum absolute atomic E-state index is 0.289. The Kier molecular flexibility index (Phi) is 5.04. The summed E-state index contributed by atoms with van der Waals surface area (Å²) in [6.07, 6.45) is 2.25. The Labute approximate surface area is 172 Å². The molecule has 3 heterocycles. The van der Waals surface area contributed by atoms with Gasteiger partial charge in [-0.25, -0.2) is 14.8 Å². The van der Waals surface area contributed by atoms with Gasteiger partial charge in [-0.05, 0) is 37.5 Å². The fourth-order valence-corrected chi connectivity index (χ4v) is 4.50. The van der Waals surface area contributed by atoms with Crippen LogP contribution in [0.3, 0.4) is 0 Å². The predicted molar refractivity (Wildman–Crippen MR) is 117 cm³/mol. The highest BCUT2D eigenvalue weighted by atomic mass is 32.2. The van der Waals surface area contributed by atoms with Crippen LogP contribution < -0.4 is 11.2 Å². The molecule has 29 heavy (non-hydrogen) atoms. The Balaban J connectivity index is 1.53. The van der Waals surface area contributed by atoms with Gasteiger partial charge in [0.15, 0.2) is 11.2 Å². The van der Waals surface area contributed by atoms with Crippen LogP contribution in [0, 0.1) is 13.8 Å². The molecule has 3 aromatic heterocycles. The summed E-state index contributed by atoms with van der Waals surface area (Å²) in [4.78, 5) is 34.3. The zero-order valence-corrected chi connectivity index (χ0v) is 17.8. The lowest BCUT2D eigenvalue weighted by Gasteiger charge is -2.10. The van der Waals surface area contributed by atoms with Gasteiger partial charge < -0.3 is 4.57 Å². The molecule has 0 fully saturated rings. The summed E-state index contributed by atoms with van der Waals surface area (Å²) >= 11 is 1.65. The summed E-state index contributed by atoms with van der Waals surface area (Å²) in [6.45, 7) is 4.53. The smallest absolute Gasteiger partial charge is 0.328 e. The third-order valence-electron chi connectivity index (χ3n) is 5.20. The van der Waals surface area contributed by atoms with E-state index in [1.165, 1.54) is 20.1 Å². The van der Waals surface area contributed by atoms with E-state index in [2.05, 4.69) is 43.1 Å². The Morgan fingerprint density at radius 3 is 2.69 bits per heavy atom. The molecule has 7 nitrogen and oxygen atoms in total. The van der Waals surface area contributed by atoms with Crippen LogP contribution >= 0.6 is 11.8 Å². The number of fused-ring (bicyclic) bond motifs is 2. The number of aryl methyl sites for hydroxylation is 4. The standard InChI is InChI=1S/C21H23N5O2S/c1-13-7-5-8-15-14(2)11-16(23-17(13)15)29-10-6-9-26-20(27)18-19(22-12-24(18)3)25(4)21(26)28/h5,7-8,11-12H,6,9-10H2,1-4H3. The third kappa shape index (κ3) is 3.37. The average molecular weight is 410 g/mol. The molecular formula is C21H23N5O2S. The summed E-state index contributed by atoms with van der Waals surface area (Å²) in [6, 6.07) is 8.31. The van der Waals surface area contributed by atoms with Crippen molar-refractivity contribution < 1.29 is 0 Å². The Morgan fingerprint density at radius 1 is 1.10 bits per heavy atom. The number of hydrogen-bond donors (Lipinski definition) is 0. The molecule has 8 heteroatoms. The van der Waals surface area contributed by atoms with Gasteiger partial charge >= 0.3 is 5.69 Å². The van der Waals surface area contributed by atoms with E-state index in [1.54, 1.807) is 36.8 Å². The number of para-hydroxylation sites is 1. The Morgan fingerprint density at radius 2 is 1.90 bits per heavy atom. The van der Waals surface area contributed by atoms with E-state index >= 15 is 0 Å². The van der Waals surface area contributed by atoms with Crippen molar-refractivity contribution in [3.05, 3.63) is 62.6 Å². The van der Waals surface area contributed by atoms with Crippen LogP contribution in [-0.2, 0) is 20.6 Å². The van der Waals surface area contributed by atoms with Crippen molar-refractivity contribution in [3.63, 3.8) is 0 Å². The highest BCUT2D eigenvalue weighted by Gasteiger charge is 2.14. The molecule has 0 saturated carbocycles. The van der Waals surface area contributed by atoms with Crippen molar-refractivity contribution in [1.29, 1.82) is 0 Å². The second kappa shape index (κ2) is 7.51. The van der Waals surface area contributed by atoms with Gasteiger partial charge in [-0.1, -0.05) is 18.2 Å². The molecule has 0 aliphatic rings. The molecule has 4 aromatic rings. The number of nitrogens with zero attached hydrogens (tertiary/aromatic N) is 5. The lowest BCUT2D eigenvalue weighted by molar-refractivity contribution is 0.594. The van der Waals surface area contributed by atoms with Crippen LogP contribution in [0.4, 0.5) is 0 Å². The number of imidazole rings is 1. The van der Waals surface area contributed by atoms with E-state index in [4.69, 9.17) is 4.98 Å². The molecule has 4 rings (SSSR count). The average Bonchev–Trinajstić information content (AvgIpc) is 3.08. The van der Waals surface area contributed by atoms with Gasteiger partial charge in [0.25, 0.3) is 5.56 Å². The van der Waals surface area contributed by atoms with E-state index in [0.29, 0.717) is 24.1 Å². The summed E-state index contributed by atoms with van der Waals surface area (Å²) < 4.78 is 4.39. The summed E-state index contributed by atoms with van der Waals surface area (Å²) in [7, 11) is 3.41. The molecule has 0 radical (unpaired) electrons. The molecule has 0 bridgehead atoms. The van der Waals surface area contributed by atoms with E-state index < -0.39 is 0 Å². The van der Waals surface area contributed by atoms with Gasteiger partial charge in [-0.3, -0.25) is 13.9 Å². The van der Waals surface area contributed by atoms with Gasteiger partial charge in [-0.2, -0.15) is 0 Å². The Hall–Kier alpha value is -2.87. The van der Waals surface area contributed by atoms with Gasteiger partial charge in [-0.15, -0.1) is 11.8 Å². The lowest BCUT2D eigenvalue weighted by Crippen LogP contribution is -2.39. The first-order chi connectivity index (χ1) is 13.9. The maximum absolute atomic E-state index is 12.7. The quantitative estimate of drug-likeness (QED) is 0.374. The van der Waals surface area contributed by atoms with E-state index in [0.717, 1.165) is 21.9 Å². The van der Waals surface area contributed by atoms with Gasteiger partial charge in [0.05, 0.1) is 16.9 Å². The molecular weight excluding hydrogens is 386 g/mol. The minimum Gasteiger partial charge on any atom is -0.328 e. The molecule has 0 aliphatic carbocycles. The fourth-order valence-electron chi connectivity index (χ4n) is 3.60. The number of pyridine rings is 1. The van der Waals surface area contributed by atoms with E-state index in [1.807, 2.05) is 0 Å². The van der Waals surface area contributed by atoms with Crippen molar-refractivity contribution in [3.8, 4) is 0 Å². The van der Waals surface area contributed by atoms with Crippen LogP contribution in [0.2, 0.25) is 0 Å². The molecule has 0 amide bonds. The number of benzene rings is 1. The number of hydrogen-bond acceptors (Lipinski definition) is 5. The van der Waals surface area contributed by atoms with Crippen molar-refractivity contribution >= 4 is 33.8 Å². The fraction of sp³-hybridized carbons (Fsp3) is 0.333. The second-order valence-electron chi connectivity index (χ2n) is 7.28. The monoisotopic (exact) mass is 409 g/mol. The first kappa shape index (κ1) is 19.4. The maximum Gasteiger partial charge on any atom is 0.332 e. The zero-order valence-electron chi connectivity index (χ0n) is 17.0. The molecule has 0 unspecified atom stereocenters. The van der Waals surface area contributed by atoms with Gasteiger partial charge in [0.2, 0.25) is 0 Å². The molecule has 150 valence electrons. The van der Waals surface area contributed by atoms with Crippen LogP contribution in [-0.4, -0.2) is 29.4 Å². The highest BCUT2D eigenvalue weighted by molar-refractivity contribution is 7.99. The van der Waals surface area contributed by atoms with Crippen LogP contribution in [0.1, 0.15) is 17.5 Å². The zero-order chi connectivity index (χ0) is 20.7. The molecule has 0 spiro atoms. The third-order valence-corrected chi connectivity index (χ3v) is 6.20. The topological polar surface area (TPSA) is 74.7 Å². The van der Waals surface area contributed by atoms with Crippen LogP contribution in [0.25, 0.3) is 22.1 Å². The summed E-state index contributed by atoms with van der Waals surface area (Å²) in [5.41, 5.74) is 3.63. The number of thioether (sulfide) groups is 1. The van der Waals surface area contributed by atoms with E-state index in [-0.39, 0.29) is 11.2 Å². The Bertz CT molecular complexity index is 1350. The van der Waals surface area contributed by atoms with Crippen molar-refractivity contribution in [2.24, 2.45) is 14.1 Å². The number of aromatic nitrogens is 5. The van der Waals surface area contributed by atoms with Crippen molar-refractivity contribution in [1.82, 2.24) is 23.7 Å². The van der Waals surface area contributed by atoms with Crippen LogP contribution in [0.15, 0.2) is 45.2 Å². The van der Waals surface area contributed by atoms with Crippen molar-refractivity contribution in [2.45, 2.75) is 31.8 Å². The first-order valence-corrected chi connectivity index (χ1v) is 10.5. The van der Waals surface area contributed by atoms with Crippen LogP contribution in [0.5, 0.6) is 0 Å². The van der Waals surface area contributed by atoms with Gasteiger partial charge in [0.1, 0.15) is 0 Å². The van der Waals surface area contributed by atoms with E-state index in [9.17, 15) is 9.59 Å². The predicted octanol–water partition coefficient (Wildman–Crippen LogP) is 2.78. The number of rotatable bonds is 5. The minimum atomic E-state index is -0.332. The summed E-state index contributed by atoms with van der Waals surface area (Å²) in [5.74, 6) is 0.767. The molecule has 0 aliphatic heterocycles. The largest absolute Gasteiger partial charge is 0.332 e. The summed E-state index contributed by atoms with van der Waals surface area (Å²) in [5, 5.41) is 2.14. The molecule has 1 aromatic carbocycles. The molecule has 0 atom stereocenters. The van der Waals surface area contributed by atoms with Gasteiger partial charge in [0, 0.05) is 31.8 Å². The molecule has 0 N–H and O–H groups in total. The maximum atomic E-state index is 12.7. The normalized spacial score (nSPS) is 11.6.